The van der Waals surface area contributed by atoms with E-state index in [0.717, 1.165) is 25.1 Å². The highest BCUT2D eigenvalue weighted by Crippen LogP contribution is 2.58. The zero-order chi connectivity index (χ0) is 18.3. The van der Waals surface area contributed by atoms with Crippen LogP contribution in [0.1, 0.15) is 12.0 Å². The van der Waals surface area contributed by atoms with Gasteiger partial charge < -0.3 is 9.80 Å². The predicted octanol–water partition coefficient (Wildman–Crippen LogP) is 1.50. The monoisotopic (exact) mass is 357 g/mol. The van der Waals surface area contributed by atoms with Crippen LogP contribution in [-0.4, -0.2) is 65.8 Å². The van der Waals surface area contributed by atoms with E-state index in [-0.39, 0.29) is 23.0 Å². The molecule has 2 atom stereocenters. The maximum Gasteiger partial charge on any atom is 0.245 e. The number of piperazine rings is 1. The molecule has 2 unspecified atom stereocenters. The Hall–Kier alpha value is -2.21. The number of piperidine rings is 1. The van der Waals surface area contributed by atoms with Crippen molar-refractivity contribution < 1.29 is 14.0 Å². The van der Waals surface area contributed by atoms with E-state index in [9.17, 15) is 14.0 Å². The quantitative estimate of drug-likeness (QED) is 0.767. The second kappa shape index (κ2) is 6.50. The van der Waals surface area contributed by atoms with E-state index in [4.69, 9.17) is 0 Å². The summed E-state index contributed by atoms with van der Waals surface area (Å²) < 4.78 is 13.3. The lowest BCUT2D eigenvalue weighted by atomic mass is 10.0. The summed E-state index contributed by atoms with van der Waals surface area (Å²) in [6.07, 6.45) is 2.23. The molecule has 1 saturated carbocycles. The molecule has 138 valence electrons. The van der Waals surface area contributed by atoms with Crippen LogP contribution < -0.4 is 0 Å². The topological polar surface area (TPSA) is 43.9 Å². The first-order valence-electron chi connectivity index (χ1n) is 9.19. The molecule has 0 spiro atoms. The molecule has 0 aromatic heterocycles. The molecule has 0 N–H and O–H groups in total. The molecule has 5 nitrogen and oxygen atoms in total. The average Bonchev–Trinajstić information content (AvgIpc) is 3.22. The van der Waals surface area contributed by atoms with Gasteiger partial charge >= 0.3 is 0 Å². The minimum Gasteiger partial charge on any atom is -0.340 e. The van der Waals surface area contributed by atoms with Crippen molar-refractivity contribution in [1.29, 1.82) is 0 Å². The first-order valence-corrected chi connectivity index (χ1v) is 9.19. The summed E-state index contributed by atoms with van der Waals surface area (Å²) in [4.78, 5) is 30.8. The van der Waals surface area contributed by atoms with Crippen molar-refractivity contribution in [3.8, 4) is 0 Å². The van der Waals surface area contributed by atoms with Gasteiger partial charge in [-0.05, 0) is 36.1 Å². The number of halogens is 1. The minimum atomic E-state index is -0.344. The zero-order valence-corrected chi connectivity index (χ0v) is 14.9. The highest BCUT2D eigenvalue weighted by molar-refractivity contribution is 5.91. The van der Waals surface area contributed by atoms with Crippen LogP contribution in [0.3, 0.4) is 0 Å². The van der Waals surface area contributed by atoms with Gasteiger partial charge in [0.1, 0.15) is 5.82 Å². The standard InChI is InChI=1S/C20H24FN3O2/c1-2-18(25)24-13-16-11-20(16,14-24)19(26)23-8-6-22(7-9-23)12-15-4-3-5-17(21)10-15/h2-5,10,16H,1,6-9,11-14H2. The van der Waals surface area contributed by atoms with Gasteiger partial charge in [0.15, 0.2) is 0 Å². The summed E-state index contributed by atoms with van der Waals surface area (Å²) in [6, 6.07) is 6.67. The second-order valence-electron chi connectivity index (χ2n) is 7.68. The lowest BCUT2D eigenvalue weighted by molar-refractivity contribution is -0.139. The molecule has 2 saturated heterocycles. The van der Waals surface area contributed by atoms with Gasteiger partial charge in [0.25, 0.3) is 0 Å². The molecule has 2 aliphatic heterocycles. The Kier molecular flexibility index (Phi) is 4.31. The summed E-state index contributed by atoms with van der Waals surface area (Å²) in [6.45, 7) is 8.41. The van der Waals surface area contributed by atoms with Crippen LogP contribution in [0.2, 0.25) is 0 Å². The number of carbonyl (C=O) groups is 2. The van der Waals surface area contributed by atoms with E-state index >= 15 is 0 Å². The number of benzene rings is 1. The van der Waals surface area contributed by atoms with E-state index in [1.807, 2.05) is 11.0 Å². The maximum atomic E-state index is 13.3. The molecule has 0 radical (unpaired) electrons. The van der Waals surface area contributed by atoms with Crippen molar-refractivity contribution in [2.75, 3.05) is 39.3 Å². The van der Waals surface area contributed by atoms with Gasteiger partial charge in [-0.2, -0.15) is 0 Å². The Morgan fingerprint density at radius 2 is 2.00 bits per heavy atom. The van der Waals surface area contributed by atoms with Gasteiger partial charge in [-0.15, -0.1) is 0 Å². The largest absolute Gasteiger partial charge is 0.340 e. The van der Waals surface area contributed by atoms with E-state index in [2.05, 4.69) is 11.5 Å². The molecule has 1 aliphatic carbocycles. The van der Waals surface area contributed by atoms with Crippen LogP contribution in [-0.2, 0) is 16.1 Å². The molecule has 26 heavy (non-hydrogen) atoms. The normalized spacial score (nSPS) is 28.0. The number of nitrogens with zero attached hydrogens (tertiary/aromatic N) is 3. The van der Waals surface area contributed by atoms with Gasteiger partial charge in [0, 0.05) is 45.8 Å². The van der Waals surface area contributed by atoms with E-state index in [0.29, 0.717) is 38.6 Å². The van der Waals surface area contributed by atoms with Crippen LogP contribution in [0.5, 0.6) is 0 Å². The fourth-order valence-electron chi connectivity index (χ4n) is 4.43. The molecular weight excluding hydrogens is 333 g/mol. The summed E-state index contributed by atoms with van der Waals surface area (Å²) in [5.74, 6) is 0.218. The molecule has 4 rings (SSSR count). The Bertz CT molecular complexity index is 744. The first-order chi connectivity index (χ1) is 12.5. The van der Waals surface area contributed by atoms with E-state index < -0.39 is 0 Å². The molecule has 1 aromatic carbocycles. The molecule has 1 aromatic rings. The van der Waals surface area contributed by atoms with Gasteiger partial charge in [-0.3, -0.25) is 14.5 Å². The van der Waals surface area contributed by atoms with Crippen molar-refractivity contribution in [1.82, 2.24) is 14.7 Å². The van der Waals surface area contributed by atoms with Crippen molar-refractivity contribution in [2.45, 2.75) is 13.0 Å². The number of fused-ring (bicyclic) bond motifs is 1. The Balaban J connectivity index is 1.32. The third-order valence-electron chi connectivity index (χ3n) is 6.01. The SMILES string of the molecule is C=CC(=O)N1CC2CC2(C(=O)N2CCN(Cc3cccc(F)c3)CC2)C1. The lowest BCUT2D eigenvalue weighted by Gasteiger charge is -2.36. The average molecular weight is 357 g/mol. The minimum absolute atomic E-state index is 0.0794. The number of rotatable bonds is 4. The van der Waals surface area contributed by atoms with Crippen molar-refractivity contribution in [3.05, 3.63) is 48.3 Å². The molecule has 2 heterocycles. The van der Waals surface area contributed by atoms with E-state index in [1.54, 1.807) is 17.0 Å². The van der Waals surface area contributed by atoms with Crippen LogP contribution in [0, 0.1) is 17.2 Å². The number of amides is 2. The molecule has 3 fully saturated rings. The van der Waals surface area contributed by atoms with Crippen LogP contribution in [0.15, 0.2) is 36.9 Å². The maximum absolute atomic E-state index is 13.3. The highest BCUT2D eigenvalue weighted by Gasteiger charge is 2.66. The summed E-state index contributed by atoms with van der Waals surface area (Å²) in [5, 5.41) is 0. The molecule has 6 heteroatoms. The fraction of sp³-hybridized carbons (Fsp3) is 0.500. The Morgan fingerprint density at radius 3 is 2.69 bits per heavy atom. The van der Waals surface area contributed by atoms with Crippen molar-refractivity contribution >= 4 is 11.8 Å². The highest BCUT2D eigenvalue weighted by atomic mass is 19.1. The molecule has 2 amide bonds. The van der Waals surface area contributed by atoms with Crippen LogP contribution in [0.25, 0.3) is 0 Å². The number of hydrogen-bond donors (Lipinski definition) is 0. The Morgan fingerprint density at radius 1 is 1.23 bits per heavy atom. The summed E-state index contributed by atoms with van der Waals surface area (Å²) >= 11 is 0. The van der Waals surface area contributed by atoms with Crippen molar-refractivity contribution in [2.24, 2.45) is 11.3 Å². The third kappa shape index (κ3) is 3.03. The van der Waals surface area contributed by atoms with Crippen molar-refractivity contribution in [3.63, 3.8) is 0 Å². The van der Waals surface area contributed by atoms with Gasteiger partial charge in [0.2, 0.25) is 11.8 Å². The number of hydrogen-bond acceptors (Lipinski definition) is 3. The van der Waals surface area contributed by atoms with Gasteiger partial charge in [-0.1, -0.05) is 18.7 Å². The second-order valence-corrected chi connectivity index (χ2v) is 7.68. The third-order valence-corrected chi connectivity index (χ3v) is 6.01. The fourth-order valence-corrected chi connectivity index (χ4v) is 4.43. The first kappa shape index (κ1) is 17.2. The van der Waals surface area contributed by atoms with Crippen LogP contribution in [0.4, 0.5) is 4.39 Å². The van der Waals surface area contributed by atoms with Gasteiger partial charge in [0.05, 0.1) is 5.41 Å². The molecule has 0 bridgehead atoms. The molecular formula is C20H24FN3O2. The smallest absolute Gasteiger partial charge is 0.245 e. The van der Waals surface area contributed by atoms with E-state index in [1.165, 1.54) is 12.1 Å². The summed E-state index contributed by atoms with van der Waals surface area (Å²) in [5.41, 5.74) is 0.614. The number of likely N-dealkylation sites (tertiary alicyclic amines) is 1. The summed E-state index contributed by atoms with van der Waals surface area (Å²) in [7, 11) is 0. The predicted molar refractivity (Wildman–Crippen MR) is 95.6 cm³/mol. The van der Waals surface area contributed by atoms with Crippen LogP contribution >= 0.6 is 0 Å². The van der Waals surface area contributed by atoms with Gasteiger partial charge in [-0.25, -0.2) is 4.39 Å². The molecule has 3 aliphatic rings. The zero-order valence-electron chi connectivity index (χ0n) is 14.9. The Labute approximate surface area is 153 Å². The lowest BCUT2D eigenvalue weighted by Crippen LogP contribution is -2.51. The number of carbonyl (C=O) groups excluding carboxylic acids is 2.